The van der Waals surface area contributed by atoms with Crippen molar-refractivity contribution in [3.8, 4) is 0 Å². The van der Waals surface area contributed by atoms with Gasteiger partial charge in [0.1, 0.15) is 0 Å². The smallest absolute Gasteiger partial charge is 0.360 e. The van der Waals surface area contributed by atoms with E-state index < -0.39 is 12.3 Å². The molecule has 4 nitrogen and oxygen atoms in total. The summed E-state index contributed by atoms with van der Waals surface area (Å²) in [5, 5.41) is 16.9. The highest BCUT2D eigenvalue weighted by molar-refractivity contribution is 5.70. The van der Waals surface area contributed by atoms with Crippen LogP contribution in [0.15, 0.2) is 0 Å². The Kier molecular flexibility index (Phi) is 6.70. The van der Waals surface area contributed by atoms with Crippen LogP contribution >= 0.6 is 0 Å². The third kappa shape index (κ3) is 6.12. The first-order chi connectivity index (χ1) is 5.68. The summed E-state index contributed by atoms with van der Waals surface area (Å²) in [6, 6.07) is 0. The standard InChI is InChI=1S/C8H16O4/c1-2-3-4-5-6-12-8(11)7(9)10/h8,11H,2-6H2,1H3,(H,9,10). The molecule has 0 aliphatic heterocycles. The molecule has 12 heavy (non-hydrogen) atoms. The van der Waals surface area contributed by atoms with Gasteiger partial charge >= 0.3 is 5.97 Å². The van der Waals surface area contributed by atoms with Crippen LogP contribution in [0.5, 0.6) is 0 Å². The summed E-state index contributed by atoms with van der Waals surface area (Å²) in [5.74, 6) is -1.33. The number of aliphatic carboxylic acids is 1. The third-order valence-electron chi connectivity index (χ3n) is 1.48. The summed E-state index contributed by atoms with van der Waals surface area (Å²) < 4.78 is 4.61. The van der Waals surface area contributed by atoms with E-state index in [-0.39, 0.29) is 0 Å². The fourth-order valence-electron chi connectivity index (χ4n) is 0.795. The van der Waals surface area contributed by atoms with Gasteiger partial charge in [0, 0.05) is 0 Å². The van der Waals surface area contributed by atoms with E-state index >= 15 is 0 Å². The predicted molar refractivity (Wildman–Crippen MR) is 43.7 cm³/mol. The Hall–Kier alpha value is -0.610. The predicted octanol–water partition coefficient (Wildman–Crippen LogP) is 0.986. The van der Waals surface area contributed by atoms with Crippen LogP contribution in [0.25, 0.3) is 0 Å². The summed E-state index contributed by atoms with van der Waals surface area (Å²) in [7, 11) is 0. The summed E-state index contributed by atoms with van der Waals surface area (Å²) in [6.07, 6.45) is 2.40. The lowest BCUT2D eigenvalue weighted by Crippen LogP contribution is -2.23. The van der Waals surface area contributed by atoms with Gasteiger partial charge in [0.2, 0.25) is 0 Å². The second-order valence-electron chi connectivity index (χ2n) is 2.62. The number of rotatable bonds is 7. The van der Waals surface area contributed by atoms with Crippen molar-refractivity contribution in [3.63, 3.8) is 0 Å². The molecular weight excluding hydrogens is 160 g/mol. The topological polar surface area (TPSA) is 66.8 Å². The van der Waals surface area contributed by atoms with Gasteiger partial charge in [0.25, 0.3) is 6.29 Å². The molecular formula is C8H16O4. The van der Waals surface area contributed by atoms with Crippen molar-refractivity contribution in [2.24, 2.45) is 0 Å². The molecule has 1 unspecified atom stereocenters. The Balaban J connectivity index is 3.14. The minimum Gasteiger partial charge on any atom is -0.477 e. The number of unbranched alkanes of at least 4 members (excludes halogenated alkanes) is 3. The van der Waals surface area contributed by atoms with E-state index in [9.17, 15) is 4.79 Å². The van der Waals surface area contributed by atoms with Gasteiger partial charge in [-0.3, -0.25) is 0 Å². The molecule has 0 bridgehead atoms. The number of ether oxygens (including phenoxy) is 1. The maximum absolute atomic E-state index is 10.0. The monoisotopic (exact) mass is 176 g/mol. The van der Waals surface area contributed by atoms with E-state index in [1.54, 1.807) is 0 Å². The van der Waals surface area contributed by atoms with E-state index in [1.165, 1.54) is 0 Å². The summed E-state index contributed by atoms with van der Waals surface area (Å²) >= 11 is 0. The number of aliphatic hydroxyl groups is 1. The van der Waals surface area contributed by atoms with Crippen LogP contribution in [0.2, 0.25) is 0 Å². The number of hydrogen-bond acceptors (Lipinski definition) is 3. The summed E-state index contributed by atoms with van der Waals surface area (Å²) in [5.41, 5.74) is 0. The molecule has 0 saturated heterocycles. The van der Waals surface area contributed by atoms with E-state index in [0.29, 0.717) is 6.61 Å². The van der Waals surface area contributed by atoms with E-state index in [0.717, 1.165) is 25.7 Å². The Morgan fingerprint density at radius 2 is 2.08 bits per heavy atom. The van der Waals surface area contributed by atoms with Crippen molar-refractivity contribution < 1.29 is 19.7 Å². The lowest BCUT2D eigenvalue weighted by atomic mass is 10.2. The van der Waals surface area contributed by atoms with Crippen LogP contribution in [0, 0.1) is 0 Å². The quantitative estimate of drug-likeness (QED) is 0.448. The SMILES string of the molecule is CCCCCCOC(O)C(=O)O. The number of carboxylic acid groups (broad SMARTS) is 1. The number of carboxylic acids is 1. The van der Waals surface area contributed by atoms with Gasteiger partial charge in [-0.15, -0.1) is 0 Å². The fourth-order valence-corrected chi connectivity index (χ4v) is 0.795. The Morgan fingerprint density at radius 1 is 1.42 bits per heavy atom. The van der Waals surface area contributed by atoms with Crippen LogP contribution in [0.4, 0.5) is 0 Å². The largest absolute Gasteiger partial charge is 0.477 e. The molecule has 0 aromatic heterocycles. The highest BCUT2D eigenvalue weighted by Gasteiger charge is 2.11. The number of hydrogen-bond donors (Lipinski definition) is 2. The molecule has 0 aliphatic rings. The lowest BCUT2D eigenvalue weighted by Gasteiger charge is -2.06. The molecule has 0 saturated carbocycles. The van der Waals surface area contributed by atoms with Gasteiger partial charge in [-0.2, -0.15) is 0 Å². The first-order valence-corrected chi connectivity index (χ1v) is 4.21. The summed E-state index contributed by atoms with van der Waals surface area (Å²) in [4.78, 5) is 10.0. The van der Waals surface area contributed by atoms with Gasteiger partial charge in [0.15, 0.2) is 0 Å². The molecule has 0 aliphatic carbocycles. The zero-order valence-corrected chi connectivity index (χ0v) is 7.32. The van der Waals surface area contributed by atoms with Crippen molar-refractivity contribution in [1.29, 1.82) is 0 Å². The zero-order valence-electron chi connectivity index (χ0n) is 7.32. The average molecular weight is 176 g/mol. The highest BCUT2D eigenvalue weighted by atomic mass is 16.6. The number of aliphatic hydroxyl groups excluding tert-OH is 1. The average Bonchev–Trinajstić information content (AvgIpc) is 2.03. The number of carbonyl (C=O) groups is 1. The van der Waals surface area contributed by atoms with Crippen LogP contribution in [-0.2, 0) is 9.53 Å². The molecule has 72 valence electrons. The Labute approximate surface area is 72.2 Å². The molecule has 1 atom stereocenters. The molecule has 0 rings (SSSR count). The second-order valence-corrected chi connectivity index (χ2v) is 2.62. The van der Waals surface area contributed by atoms with Crippen LogP contribution in [0.1, 0.15) is 32.6 Å². The van der Waals surface area contributed by atoms with Gasteiger partial charge in [-0.05, 0) is 6.42 Å². The maximum atomic E-state index is 10.0. The van der Waals surface area contributed by atoms with Crippen molar-refractivity contribution in [3.05, 3.63) is 0 Å². The summed E-state index contributed by atoms with van der Waals surface area (Å²) in [6.45, 7) is 2.40. The molecule has 0 aromatic rings. The fraction of sp³-hybridized carbons (Fsp3) is 0.875. The Morgan fingerprint density at radius 3 is 2.58 bits per heavy atom. The van der Waals surface area contributed by atoms with E-state index in [4.69, 9.17) is 10.2 Å². The minimum absolute atomic E-state index is 0.313. The first-order valence-electron chi connectivity index (χ1n) is 4.21. The molecule has 0 radical (unpaired) electrons. The molecule has 0 spiro atoms. The molecule has 2 N–H and O–H groups in total. The normalized spacial score (nSPS) is 12.8. The molecule has 0 fully saturated rings. The molecule has 0 aromatic carbocycles. The van der Waals surface area contributed by atoms with Gasteiger partial charge in [-0.25, -0.2) is 4.79 Å². The van der Waals surface area contributed by atoms with Crippen LogP contribution in [0.3, 0.4) is 0 Å². The lowest BCUT2D eigenvalue weighted by molar-refractivity contribution is -0.176. The van der Waals surface area contributed by atoms with Crippen molar-refractivity contribution in [2.45, 2.75) is 38.9 Å². The first kappa shape index (κ1) is 11.4. The second kappa shape index (κ2) is 7.06. The zero-order chi connectivity index (χ0) is 9.40. The van der Waals surface area contributed by atoms with Crippen molar-refractivity contribution in [1.82, 2.24) is 0 Å². The van der Waals surface area contributed by atoms with E-state index in [2.05, 4.69) is 11.7 Å². The third-order valence-corrected chi connectivity index (χ3v) is 1.48. The van der Waals surface area contributed by atoms with E-state index in [1.807, 2.05) is 0 Å². The minimum atomic E-state index is -1.66. The maximum Gasteiger partial charge on any atom is 0.360 e. The Bertz CT molecular complexity index is 124. The molecule has 0 amide bonds. The van der Waals surface area contributed by atoms with Gasteiger partial charge in [-0.1, -0.05) is 26.2 Å². The van der Waals surface area contributed by atoms with Crippen molar-refractivity contribution >= 4 is 5.97 Å². The van der Waals surface area contributed by atoms with Crippen LogP contribution in [-0.4, -0.2) is 29.1 Å². The molecule has 0 heterocycles. The molecule has 4 heteroatoms. The van der Waals surface area contributed by atoms with Crippen molar-refractivity contribution in [2.75, 3.05) is 6.61 Å². The highest BCUT2D eigenvalue weighted by Crippen LogP contribution is 1.99. The van der Waals surface area contributed by atoms with Gasteiger partial charge in [0.05, 0.1) is 6.61 Å². The van der Waals surface area contributed by atoms with Crippen LogP contribution < -0.4 is 0 Å². The van der Waals surface area contributed by atoms with Gasteiger partial charge < -0.3 is 14.9 Å².